The first-order valence-corrected chi connectivity index (χ1v) is 8.26. The summed E-state index contributed by atoms with van der Waals surface area (Å²) in [6, 6.07) is 13.9. The molecule has 0 unspecified atom stereocenters. The minimum absolute atomic E-state index is 0.125. The van der Waals surface area contributed by atoms with Crippen LogP contribution >= 0.6 is 0 Å². The predicted octanol–water partition coefficient (Wildman–Crippen LogP) is 2.44. The van der Waals surface area contributed by atoms with E-state index in [4.69, 9.17) is 5.73 Å². The molecule has 2 aromatic carbocycles. The molecule has 138 valence electrons. The molecule has 1 aromatic heterocycles. The molecule has 0 spiro atoms. The second kappa shape index (κ2) is 7.25. The van der Waals surface area contributed by atoms with Crippen molar-refractivity contribution in [3.8, 4) is 5.88 Å². The maximum Gasteiger partial charge on any atom is 0.331 e. The van der Waals surface area contributed by atoms with E-state index in [1.807, 2.05) is 0 Å². The molecule has 0 aliphatic heterocycles. The number of hydrogen-bond acceptors (Lipinski definition) is 4. The zero-order valence-corrected chi connectivity index (χ0v) is 14.8. The van der Waals surface area contributed by atoms with Crippen molar-refractivity contribution in [3.63, 3.8) is 0 Å². The molecule has 0 saturated carbocycles. The van der Waals surface area contributed by atoms with E-state index in [-0.39, 0.29) is 24.0 Å². The quantitative estimate of drug-likeness (QED) is 0.605. The number of anilines is 2. The smallest absolute Gasteiger partial charge is 0.331 e. The normalized spacial score (nSPS) is 10.6. The second-order valence-corrected chi connectivity index (χ2v) is 6.19. The molecule has 1 heterocycles. The molecule has 0 aliphatic rings. The fraction of sp³-hybridized carbons (Fsp3) is 0.100. The monoisotopic (exact) mass is 364 g/mol. The largest absolute Gasteiger partial charge is 0.493 e. The van der Waals surface area contributed by atoms with Crippen LogP contribution in [0.2, 0.25) is 0 Å². The van der Waals surface area contributed by atoms with Gasteiger partial charge in [0.2, 0.25) is 5.88 Å². The van der Waals surface area contributed by atoms with Gasteiger partial charge in [-0.2, -0.15) is 0 Å². The Morgan fingerprint density at radius 2 is 1.78 bits per heavy atom. The minimum Gasteiger partial charge on any atom is -0.493 e. The Morgan fingerprint density at radius 1 is 1.15 bits per heavy atom. The lowest BCUT2D eigenvalue weighted by atomic mass is 10.0. The zero-order valence-electron chi connectivity index (χ0n) is 14.8. The number of carbonyl (C=O) groups is 1. The summed E-state index contributed by atoms with van der Waals surface area (Å²) in [6.45, 7) is 4.12. The summed E-state index contributed by atoms with van der Waals surface area (Å²) < 4.78 is 2.52. The lowest BCUT2D eigenvalue weighted by Gasteiger charge is -2.10. The van der Waals surface area contributed by atoms with Crippen LogP contribution in [0.1, 0.15) is 15.9 Å². The van der Waals surface area contributed by atoms with Crippen molar-refractivity contribution in [3.05, 3.63) is 82.9 Å². The molecule has 0 aliphatic carbocycles. The number of carbonyl (C=O) groups excluding carboxylic acids is 1. The molecule has 0 radical (unpaired) electrons. The van der Waals surface area contributed by atoms with Crippen LogP contribution in [0.5, 0.6) is 5.88 Å². The highest BCUT2D eigenvalue weighted by Crippen LogP contribution is 2.20. The van der Waals surface area contributed by atoms with Gasteiger partial charge < -0.3 is 16.2 Å². The highest BCUT2D eigenvalue weighted by atomic mass is 16.3. The van der Waals surface area contributed by atoms with Crippen molar-refractivity contribution in [2.45, 2.75) is 6.54 Å². The van der Waals surface area contributed by atoms with E-state index in [9.17, 15) is 14.7 Å². The van der Waals surface area contributed by atoms with Crippen LogP contribution in [0.3, 0.4) is 0 Å². The molecule has 3 rings (SSSR count). The number of nitrogens with one attached hydrogen (secondary N) is 1. The molecule has 7 nitrogen and oxygen atoms in total. The van der Waals surface area contributed by atoms with Gasteiger partial charge in [-0.15, -0.1) is 0 Å². The van der Waals surface area contributed by atoms with Gasteiger partial charge in [-0.25, -0.2) is 4.79 Å². The Balaban J connectivity index is 1.73. The van der Waals surface area contributed by atoms with Crippen molar-refractivity contribution < 1.29 is 9.90 Å². The summed E-state index contributed by atoms with van der Waals surface area (Å²) in [6.07, 6.45) is 1.35. The Labute approximate surface area is 156 Å². The number of nitrogen functional groups attached to an aromatic ring is 1. The van der Waals surface area contributed by atoms with Gasteiger partial charge in [0.15, 0.2) is 0 Å². The zero-order chi connectivity index (χ0) is 19.6. The average Bonchev–Trinajstić information content (AvgIpc) is 2.89. The number of imidazole rings is 1. The summed E-state index contributed by atoms with van der Waals surface area (Å²) in [5, 5.41) is 12.6. The summed E-state index contributed by atoms with van der Waals surface area (Å²) in [7, 11) is 1.56. The van der Waals surface area contributed by atoms with Crippen LogP contribution in [0.25, 0.3) is 5.57 Å². The number of benzene rings is 2. The number of allylic oxidation sites excluding steroid dienone is 1. The Hall–Kier alpha value is -3.74. The van der Waals surface area contributed by atoms with Gasteiger partial charge in [0.05, 0.1) is 24.1 Å². The van der Waals surface area contributed by atoms with Gasteiger partial charge in [0, 0.05) is 12.6 Å². The highest BCUT2D eigenvalue weighted by Gasteiger charge is 2.11. The summed E-state index contributed by atoms with van der Waals surface area (Å²) in [5.41, 5.74) is 8.41. The highest BCUT2D eigenvalue weighted by molar-refractivity contribution is 6.05. The van der Waals surface area contributed by atoms with E-state index < -0.39 is 0 Å². The first-order chi connectivity index (χ1) is 12.9. The summed E-state index contributed by atoms with van der Waals surface area (Å²) in [5.74, 6) is -0.401. The number of amides is 1. The molecule has 7 heteroatoms. The van der Waals surface area contributed by atoms with Crippen molar-refractivity contribution >= 4 is 22.9 Å². The number of rotatable bonds is 5. The Kier molecular flexibility index (Phi) is 4.85. The van der Waals surface area contributed by atoms with Gasteiger partial charge in [-0.3, -0.25) is 13.9 Å². The Bertz CT molecular complexity index is 1060. The summed E-state index contributed by atoms with van der Waals surface area (Å²) in [4.78, 5) is 24.3. The molecule has 4 N–H and O–H groups in total. The molecule has 0 atom stereocenters. The number of aromatic hydroxyl groups is 1. The maximum atomic E-state index is 12.4. The number of aryl methyl sites for hydroxylation is 1. The van der Waals surface area contributed by atoms with E-state index >= 15 is 0 Å². The van der Waals surface area contributed by atoms with Crippen molar-refractivity contribution in [1.29, 1.82) is 0 Å². The first-order valence-electron chi connectivity index (χ1n) is 8.26. The topological polar surface area (TPSA) is 102 Å². The molecular formula is C20H20N4O3. The molecule has 0 bridgehead atoms. The van der Waals surface area contributed by atoms with Gasteiger partial charge >= 0.3 is 5.69 Å². The van der Waals surface area contributed by atoms with E-state index in [0.717, 1.165) is 5.56 Å². The van der Waals surface area contributed by atoms with E-state index in [2.05, 4.69) is 11.9 Å². The minimum atomic E-state index is -0.329. The van der Waals surface area contributed by atoms with Crippen LogP contribution in [0.15, 0.2) is 66.1 Å². The summed E-state index contributed by atoms with van der Waals surface area (Å²) >= 11 is 0. The number of nitrogens with zero attached hydrogens (tertiary/aromatic N) is 2. The second-order valence-electron chi connectivity index (χ2n) is 6.19. The maximum absolute atomic E-state index is 12.4. The fourth-order valence-corrected chi connectivity index (χ4v) is 2.68. The fourth-order valence-electron chi connectivity index (χ4n) is 2.68. The number of hydrogen-bond donors (Lipinski definition) is 3. The van der Waals surface area contributed by atoms with Gasteiger partial charge in [0.25, 0.3) is 5.91 Å². The van der Waals surface area contributed by atoms with Crippen LogP contribution in [-0.2, 0) is 13.6 Å². The van der Waals surface area contributed by atoms with E-state index in [1.165, 1.54) is 15.3 Å². The molecule has 0 saturated heterocycles. The third-order valence-corrected chi connectivity index (χ3v) is 4.23. The van der Waals surface area contributed by atoms with Gasteiger partial charge in [-0.05, 0) is 35.4 Å². The predicted molar refractivity (Wildman–Crippen MR) is 106 cm³/mol. The van der Waals surface area contributed by atoms with Crippen molar-refractivity contribution in [2.24, 2.45) is 7.05 Å². The molecule has 3 aromatic rings. The van der Waals surface area contributed by atoms with E-state index in [1.54, 1.807) is 55.6 Å². The van der Waals surface area contributed by atoms with Crippen molar-refractivity contribution in [2.75, 3.05) is 11.1 Å². The van der Waals surface area contributed by atoms with Crippen molar-refractivity contribution in [1.82, 2.24) is 9.13 Å². The lowest BCUT2D eigenvalue weighted by Crippen LogP contribution is -2.22. The van der Waals surface area contributed by atoms with Crippen LogP contribution in [0, 0.1) is 0 Å². The van der Waals surface area contributed by atoms with Crippen LogP contribution in [-0.4, -0.2) is 20.1 Å². The molecule has 1 amide bonds. The third-order valence-electron chi connectivity index (χ3n) is 4.23. The number of para-hydroxylation sites is 2. The van der Waals surface area contributed by atoms with Crippen LogP contribution < -0.4 is 16.7 Å². The SMILES string of the molecule is C=C(Cn1c(O)cn(C)c1=O)c1ccc(C(=O)Nc2ccccc2N)cc1. The third kappa shape index (κ3) is 3.77. The van der Waals surface area contributed by atoms with Gasteiger partial charge in [0.1, 0.15) is 0 Å². The number of aromatic nitrogens is 2. The Morgan fingerprint density at radius 3 is 2.37 bits per heavy atom. The standard InChI is InChI=1S/C20H20N4O3/c1-13(11-24-18(25)12-23(2)20(24)27)14-7-9-15(10-8-14)19(26)22-17-6-4-3-5-16(17)21/h3-10,12,25H,1,11,21H2,2H3,(H,22,26). The molecule has 27 heavy (non-hydrogen) atoms. The average molecular weight is 364 g/mol. The van der Waals surface area contributed by atoms with Crippen LogP contribution in [0.4, 0.5) is 11.4 Å². The molecule has 0 fully saturated rings. The molecular weight excluding hydrogens is 344 g/mol. The number of nitrogens with two attached hydrogens (primary N) is 1. The van der Waals surface area contributed by atoms with Gasteiger partial charge in [-0.1, -0.05) is 30.8 Å². The lowest BCUT2D eigenvalue weighted by molar-refractivity contribution is 0.102. The van der Waals surface area contributed by atoms with E-state index in [0.29, 0.717) is 22.5 Å². The first kappa shape index (κ1) is 18.1.